The van der Waals surface area contributed by atoms with Gasteiger partial charge in [0.25, 0.3) is 5.91 Å². The van der Waals surface area contributed by atoms with E-state index in [1.165, 1.54) is 0 Å². The molecule has 0 aliphatic carbocycles. The number of rotatable bonds is 7. The Kier molecular flexibility index (Phi) is 6.38. The number of anilines is 1. The maximum absolute atomic E-state index is 12.1. The van der Waals surface area contributed by atoms with Gasteiger partial charge in [-0.15, -0.1) is 0 Å². The number of nitrogens with zero attached hydrogens (tertiary/aromatic N) is 2. The molecule has 0 radical (unpaired) electrons. The van der Waals surface area contributed by atoms with E-state index in [0.29, 0.717) is 29.7 Å². The number of aromatic nitrogens is 2. The lowest BCUT2D eigenvalue weighted by Crippen LogP contribution is -2.28. The molecular weight excluding hydrogens is 254 g/mol. The monoisotopic (exact) mass is 279 g/mol. The van der Waals surface area contributed by atoms with E-state index in [2.05, 4.69) is 34.6 Å². The van der Waals surface area contributed by atoms with Gasteiger partial charge in [0.1, 0.15) is 5.82 Å². The highest BCUT2D eigenvalue weighted by Gasteiger charge is 2.15. The SMILES string of the molecule is CC(C)CCCNC(=O)c1nc(C(C)C)ncc1NN. The number of hydrazine groups is 1. The molecule has 1 aromatic heterocycles. The molecule has 1 amide bonds. The summed E-state index contributed by atoms with van der Waals surface area (Å²) in [5, 5.41) is 2.87. The van der Waals surface area contributed by atoms with Gasteiger partial charge in [0.05, 0.1) is 11.9 Å². The summed E-state index contributed by atoms with van der Waals surface area (Å²) in [6, 6.07) is 0. The van der Waals surface area contributed by atoms with Gasteiger partial charge in [-0.1, -0.05) is 27.7 Å². The number of nitrogen functional groups attached to an aromatic ring is 1. The molecule has 6 nitrogen and oxygen atoms in total. The third-order valence-corrected chi connectivity index (χ3v) is 2.94. The molecule has 0 fully saturated rings. The van der Waals surface area contributed by atoms with Gasteiger partial charge >= 0.3 is 0 Å². The zero-order valence-corrected chi connectivity index (χ0v) is 12.7. The highest BCUT2D eigenvalue weighted by molar-refractivity contribution is 5.97. The van der Waals surface area contributed by atoms with E-state index >= 15 is 0 Å². The van der Waals surface area contributed by atoms with Crippen LogP contribution in [0.15, 0.2) is 6.20 Å². The number of hydrogen-bond acceptors (Lipinski definition) is 5. The third-order valence-electron chi connectivity index (χ3n) is 2.94. The molecule has 0 aliphatic rings. The van der Waals surface area contributed by atoms with Crippen molar-refractivity contribution in [2.45, 2.75) is 46.5 Å². The second kappa shape index (κ2) is 7.79. The first-order valence-electron chi connectivity index (χ1n) is 7.07. The van der Waals surface area contributed by atoms with Crippen LogP contribution in [0, 0.1) is 5.92 Å². The molecule has 0 aliphatic heterocycles. The Morgan fingerprint density at radius 3 is 2.60 bits per heavy atom. The summed E-state index contributed by atoms with van der Waals surface area (Å²) in [6.45, 7) is 8.93. The molecule has 0 atom stereocenters. The van der Waals surface area contributed by atoms with Gasteiger partial charge < -0.3 is 10.7 Å². The number of nitrogens with one attached hydrogen (secondary N) is 2. The van der Waals surface area contributed by atoms with Crippen molar-refractivity contribution < 1.29 is 4.79 Å². The summed E-state index contributed by atoms with van der Waals surface area (Å²) in [4.78, 5) is 20.6. The van der Waals surface area contributed by atoms with Crippen LogP contribution in [-0.2, 0) is 0 Å². The Balaban J connectivity index is 2.72. The molecule has 4 N–H and O–H groups in total. The Morgan fingerprint density at radius 1 is 1.35 bits per heavy atom. The van der Waals surface area contributed by atoms with Crippen LogP contribution in [0.4, 0.5) is 5.69 Å². The van der Waals surface area contributed by atoms with Gasteiger partial charge in [-0.25, -0.2) is 9.97 Å². The third kappa shape index (κ3) is 4.77. The molecule has 0 saturated carbocycles. The summed E-state index contributed by atoms with van der Waals surface area (Å²) in [6.07, 6.45) is 3.59. The van der Waals surface area contributed by atoms with E-state index in [9.17, 15) is 4.79 Å². The topological polar surface area (TPSA) is 92.9 Å². The van der Waals surface area contributed by atoms with Crippen LogP contribution < -0.4 is 16.6 Å². The minimum Gasteiger partial charge on any atom is -0.351 e. The molecule has 1 heterocycles. The molecule has 0 aromatic carbocycles. The summed E-state index contributed by atoms with van der Waals surface area (Å²) in [5.74, 6) is 6.62. The molecule has 1 rings (SSSR count). The smallest absolute Gasteiger partial charge is 0.272 e. The molecule has 0 spiro atoms. The predicted octanol–water partition coefficient (Wildman–Crippen LogP) is 2.05. The Hall–Kier alpha value is -1.69. The Labute approximate surface area is 120 Å². The lowest BCUT2D eigenvalue weighted by Gasteiger charge is -2.11. The van der Waals surface area contributed by atoms with E-state index in [1.807, 2.05) is 13.8 Å². The van der Waals surface area contributed by atoms with Crippen molar-refractivity contribution in [3.63, 3.8) is 0 Å². The normalized spacial score (nSPS) is 10.9. The van der Waals surface area contributed by atoms with Crippen LogP contribution >= 0.6 is 0 Å². The minimum absolute atomic E-state index is 0.161. The van der Waals surface area contributed by atoms with Crippen molar-refractivity contribution in [1.29, 1.82) is 0 Å². The molecular formula is C14H25N5O. The van der Waals surface area contributed by atoms with Crippen molar-refractivity contribution in [2.24, 2.45) is 11.8 Å². The summed E-state index contributed by atoms with van der Waals surface area (Å²) < 4.78 is 0. The van der Waals surface area contributed by atoms with Crippen LogP contribution in [0.1, 0.15) is 62.8 Å². The molecule has 0 saturated heterocycles. The van der Waals surface area contributed by atoms with Crippen LogP contribution in [0.5, 0.6) is 0 Å². The van der Waals surface area contributed by atoms with E-state index in [1.54, 1.807) is 6.20 Å². The average molecular weight is 279 g/mol. The van der Waals surface area contributed by atoms with Crippen LogP contribution in [0.25, 0.3) is 0 Å². The quantitative estimate of drug-likeness (QED) is 0.403. The van der Waals surface area contributed by atoms with E-state index < -0.39 is 0 Å². The predicted molar refractivity (Wildman–Crippen MR) is 80.3 cm³/mol. The lowest BCUT2D eigenvalue weighted by molar-refractivity contribution is 0.0948. The maximum Gasteiger partial charge on any atom is 0.272 e. The van der Waals surface area contributed by atoms with Crippen molar-refractivity contribution in [1.82, 2.24) is 15.3 Å². The van der Waals surface area contributed by atoms with Crippen LogP contribution in [0.3, 0.4) is 0 Å². The van der Waals surface area contributed by atoms with Gasteiger partial charge in [0, 0.05) is 12.5 Å². The molecule has 1 aromatic rings. The zero-order chi connectivity index (χ0) is 15.1. The summed E-state index contributed by atoms with van der Waals surface area (Å²) in [5.41, 5.74) is 3.21. The highest BCUT2D eigenvalue weighted by atomic mass is 16.1. The highest BCUT2D eigenvalue weighted by Crippen LogP contribution is 2.15. The van der Waals surface area contributed by atoms with Crippen LogP contribution in [0.2, 0.25) is 0 Å². The molecule has 6 heteroatoms. The van der Waals surface area contributed by atoms with Gasteiger partial charge in [0.15, 0.2) is 5.69 Å². The number of amides is 1. The lowest BCUT2D eigenvalue weighted by atomic mass is 10.1. The summed E-state index contributed by atoms with van der Waals surface area (Å²) in [7, 11) is 0. The Morgan fingerprint density at radius 2 is 2.05 bits per heavy atom. The molecule has 112 valence electrons. The average Bonchev–Trinajstić information content (AvgIpc) is 2.42. The number of carbonyl (C=O) groups is 1. The first-order valence-corrected chi connectivity index (χ1v) is 7.07. The summed E-state index contributed by atoms with van der Waals surface area (Å²) >= 11 is 0. The fraction of sp³-hybridized carbons (Fsp3) is 0.643. The second-order valence-electron chi connectivity index (χ2n) is 5.58. The van der Waals surface area contributed by atoms with Crippen molar-refractivity contribution in [3.05, 3.63) is 17.7 Å². The number of carbonyl (C=O) groups excluding carboxylic acids is 1. The van der Waals surface area contributed by atoms with E-state index in [0.717, 1.165) is 12.8 Å². The molecule has 0 unspecified atom stereocenters. The first-order chi connectivity index (χ1) is 9.45. The van der Waals surface area contributed by atoms with Crippen molar-refractivity contribution in [2.75, 3.05) is 12.0 Å². The number of hydrogen-bond donors (Lipinski definition) is 3. The fourth-order valence-corrected chi connectivity index (χ4v) is 1.75. The van der Waals surface area contributed by atoms with Gasteiger partial charge in [-0.3, -0.25) is 10.6 Å². The van der Waals surface area contributed by atoms with Gasteiger partial charge in [-0.2, -0.15) is 0 Å². The van der Waals surface area contributed by atoms with E-state index in [4.69, 9.17) is 5.84 Å². The fourth-order valence-electron chi connectivity index (χ4n) is 1.75. The maximum atomic E-state index is 12.1. The zero-order valence-electron chi connectivity index (χ0n) is 12.7. The van der Waals surface area contributed by atoms with Crippen molar-refractivity contribution in [3.8, 4) is 0 Å². The molecule has 20 heavy (non-hydrogen) atoms. The minimum atomic E-state index is -0.217. The second-order valence-corrected chi connectivity index (χ2v) is 5.58. The van der Waals surface area contributed by atoms with Crippen molar-refractivity contribution >= 4 is 11.6 Å². The van der Waals surface area contributed by atoms with E-state index in [-0.39, 0.29) is 11.8 Å². The standard InChI is InChI=1S/C14H25N5O/c1-9(2)6-5-7-16-14(20)12-11(19-15)8-17-13(18-12)10(3)4/h8-10,19H,5-7,15H2,1-4H3,(H,16,20). The Bertz CT molecular complexity index is 445. The van der Waals surface area contributed by atoms with Gasteiger partial charge in [-0.05, 0) is 18.8 Å². The van der Waals surface area contributed by atoms with Crippen LogP contribution in [-0.4, -0.2) is 22.4 Å². The van der Waals surface area contributed by atoms with Gasteiger partial charge in [0.2, 0.25) is 0 Å². The largest absolute Gasteiger partial charge is 0.351 e. The first kappa shape index (κ1) is 16.4. The molecule has 0 bridgehead atoms. The number of nitrogens with two attached hydrogens (primary N) is 1.